The first-order valence-electron chi connectivity index (χ1n) is 9.24. The van der Waals surface area contributed by atoms with Crippen LogP contribution in [0.15, 0.2) is 0 Å². The van der Waals surface area contributed by atoms with Crippen LogP contribution < -0.4 is 10.6 Å². The number of rotatable bonds is 8. The molecule has 0 aliphatic carbocycles. The van der Waals surface area contributed by atoms with Crippen LogP contribution in [0.4, 0.5) is 9.59 Å². The first-order chi connectivity index (χ1) is 13.8. The van der Waals surface area contributed by atoms with Crippen LogP contribution >= 0.6 is 0 Å². The van der Waals surface area contributed by atoms with Crippen molar-refractivity contribution < 1.29 is 48.3 Å². The molecule has 0 bridgehead atoms. The molecule has 0 saturated carbocycles. The molecule has 31 heavy (non-hydrogen) atoms. The van der Waals surface area contributed by atoms with E-state index in [0.717, 1.165) is 7.11 Å². The average molecular weight is 453 g/mol. The molecular formula is C19H36N2O10. The number of aliphatic carboxylic acids is 2. The quantitative estimate of drug-likeness (QED) is 0.424. The van der Waals surface area contributed by atoms with Crippen molar-refractivity contribution in [2.24, 2.45) is 0 Å². The predicted molar refractivity (Wildman–Crippen MR) is 110 cm³/mol. The van der Waals surface area contributed by atoms with E-state index in [1.165, 1.54) is 14.2 Å². The maximum Gasteiger partial charge on any atom is 0.408 e. The molecule has 0 fully saturated rings. The smallest absolute Gasteiger partial charge is 0.408 e. The van der Waals surface area contributed by atoms with Crippen molar-refractivity contribution in [2.45, 2.75) is 77.4 Å². The molecule has 2 amide bonds. The zero-order valence-corrected chi connectivity index (χ0v) is 19.8. The Kier molecular flexibility index (Phi) is 12.1. The number of alkyl carbamates (subject to hydrolysis) is 2. The summed E-state index contributed by atoms with van der Waals surface area (Å²) >= 11 is 0. The molecule has 0 aromatic heterocycles. The lowest BCUT2D eigenvalue weighted by Gasteiger charge is -2.31. The van der Waals surface area contributed by atoms with Gasteiger partial charge in [-0.25, -0.2) is 19.2 Å². The van der Waals surface area contributed by atoms with Crippen LogP contribution in [0.2, 0.25) is 0 Å². The molecule has 0 spiro atoms. The van der Waals surface area contributed by atoms with E-state index in [0.29, 0.717) is 0 Å². The molecule has 0 radical (unpaired) electrons. The first-order valence-corrected chi connectivity index (χ1v) is 9.24. The largest absolute Gasteiger partial charge is 0.480 e. The van der Waals surface area contributed by atoms with E-state index in [1.54, 1.807) is 48.5 Å². The van der Waals surface area contributed by atoms with Crippen LogP contribution in [0, 0.1) is 0 Å². The van der Waals surface area contributed by atoms with E-state index in [9.17, 15) is 19.2 Å². The predicted octanol–water partition coefficient (Wildman–Crippen LogP) is 1.61. The maximum atomic E-state index is 11.5. The Morgan fingerprint density at radius 3 is 1.23 bits per heavy atom. The van der Waals surface area contributed by atoms with Crippen molar-refractivity contribution in [3.63, 3.8) is 0 Å². The molecule has 2 atom stereocenters. The van der Waals surface area contributed by atoms with Gasteiger partial charge in [0.15, 0.2) is 12.1 Å². The van der Waals surface area contributed by atoms with Crippen LogP contribution in [-0.2, 0) is 28.5 Å². The van der Waals surface area contributed by atoms with Gasteiger partial charge in [0.05, 0.1) is 18.3 Å². The van der Waals surface area contributed by atoms with Gasteiger partial charge in [-0.05, 0) is 48.5 Å². The number of nitrogens with one attached hydrogen (secondary N) is 2. The Labute approximate surface area is 182 Å². The molecule has 0 rings (SSSR count). The zero-order valence-electron chi connectivity index (χ0n) is 19.8. The minimum absolute atomic E-state index is 0.676. The van der Waals surface area contributed by atoms with Crippen molar-refractivity contribution in [1.82, 2.24) is 10.6 Å². The van der Waals surface area contributed by atoms with Crippen molar-refractivity contribution in [3.05, 3.63) is 0 Å². The fraction of sp³-hybridized carbons (Fsp3) is 0.789. The summed E-state index contributed by atoms with van der Waals surface area (Å²) in [5.74, 6) is -2.36. The molecule has 12 nitrogen and oxygen atoms in total. The van der Waals surface area contributed by atoms with Crippen molar-refractivity contribution in [3.8, 4) is 0 Å². The van der Waals surface area contributed by atoms with E-state index in [4.69, 9.17) is 24.4 Å². The average Bonchev–Trinajstić information content (AvgIpc) is 2.62. The number of methoxy groups -OCH3 is 3. The number of amides is 2. The fourth-order valence-corrected chi connectivity index (χ4v) is 1.90. The zero-order chi connectivity index (χ0) is 25.2. The highest BCUT2D eigenvalue weighted by atomic mass is 16.6. The Morgan fingerprint density at radius 1 is 0.677 bits per heavy atom. The highest BCUT2D eigenvalue weighted by molar-refractivity contribution is 5.81. The van der Waals surface area contributed by atoms with Crippen LogP contribution in [0.25, 0.3) is 0 Å². The van der Waals surface area contributed by atoms with Crippen LogP contribution in [0.1, 0.15) is 48.5 Å². The van der Waals surface area contributed by atoms with E-state index in [-0.39, 0.29) is 0 Å². The maximum absolute atomic E-state index is 11.5. The van der Waals surface area contributed by atoms with Crippen LogP contribution in [-0.4, -0.2) is 84.6 Å². The van der Waals surface area contributed by atoms with Gasteiger partial charge < -0.3 is 39.8 Å². The van der Waals surface area contributed by atoms with Gasteiger partial charge in [-0.3, -0.25) is 0 Å². The Hall–Kier alpha value is -2.60. The van der Waals surface area contributed by atoms with Gasteiger partial charge in [-0.2, -0.15) is 0 Å². The van der Waals surface area contributed by atoms with Crippen LogP contribution in [0.5, 0.6) is 0 Å². The summed E-state index contributed by atoms with van der Waals surface area (Å²) in [6, 6.07) is -2.33. The van der Waals surface area contributed by atoms with Crippen molar-refractivity contribution >= 4 is 24.1 Å². The topological polar surface area (TPSA) is 170 Å². The molecule has 0 aromatic carbocycles. The van der Waals surface area contributed by atoms with Gasteiger partial charge in [0.25, 0.3) is 0 Å². The van der Waals surface area contributed by atoms with E-state index >= 15 is 0 Å². The highest BCUT2D eigenvalue weighted by Crippen LogP contribution is 2.16. The lowest BCUT2D eigenvalue weighted by Crippen LogP contribution is -2.55. The Balaban J connectivity index is 0. The third-order valence-electron chi connectivity index (χ3n) is 4.05. The Morgan fingerprint density at radius 2 is 1.00 bits per heavy atom. The monoisotopic (exact) mass is 452 g/mol. The summed E-state index contributed by atoms with van der Waals surface area (Å²) in [6.45, 7) is 11.4. The molecule has 2 unspecified atom stereocenters. The summed E-state index contributed by atoms with van der Waals surface area (Å²) in [5.41, 5.74) is -2.70. The van der Waals surface area contributed by atoms with Gasteiger partial charge in [-0.15, -0.1) is 0 Å². The van der Waals surface area contributed by atoms with Gasteiger partial charge in [0.1, 0.15) is 5.60 Å². The number of carboxylic acid groups (broad SMARTS) is 2. The SMILES string of the molecule is COC(=O)NC(C(=O)O)C(C)(C)OC.COC(C)(C)C(NC(=O)OC(C)(C)C)C(=O)O. The Bertz CT molecular complexity index is 626. The number of carboxylic acids is 2. The summed E-state index contributed by atoms with van der Waals surface area (Å²) in [4.78, 5) is 44.2. The molecule has 0 aliphatic rings. The van der Waals surface area contributed by atoms with E-state index in [1.807, 2.05) is 0 Å². The lowest BCUT2D eigenvalue weighted by molar-refractivity contribution is -0.148. The second kappa shape index (κ2) is 12.3. The summed E-state index contributed by atoms with van der Waals surface area (Å²) < 4.78 is 19.3. The number of hydrogen-bond acceptors (Lipinski definition) is 8. The minimum Gasteiger partial charge on any atom is -0.480 e. The second-order valence-electron chi connectivity index (χ2n) is 8.44. The fourth-order valence-electron chi connectivity index (χ4n) is 1.90. The first kappa shape index (κ1) is 30.6. The van der Waals surface area contributed by atoms with Crippen molar-refractivity contribution in [2.75, 3.05) is 21.3 Å². The van der Waals surface area contributed by atoms with E-state index in [2.05, 4.69) is 15.4 Å². The van der Waals surface area contributed by atoms with Gasteiger partial charge in [0.2, 0.25) is 0 Å². The molecule has 182 valence electrons. The third kappa shape index (κ3) is 12.0. The number of carbonyl (C=O) groups is 4. The minimum atomic E-state index is -1.18. The van der Waals surface area contributed by atoms with Gasteiger partial charge in [-0.1, -0.05) is 0 Å². The molecular weight excluding hydrogens is 416 g/mol. The molecule has 4 N–H and O–H groups in total. The van der Waals surface area contributed by atoms with E-state index < -0.39 is 53.0 Å². The summed E-state index contributed by atoms with van der Waals surface area (Å²) in [5, 5.41) is 22.3. The van der Waals surface area contributed by atoms with Crippen molar-refractivity contribution in [1.29, 1.82) is 0 Å². The van der Waals surface area contributed by atoms with Gasteiger partial charge in [0, 0.05) is 14.2 Å². The number of ether oxygens (including phenoxy) is 4. The third-order valence-corrected chi connectivity index (χ3v) is 4.05. The number of carbonyl (C=O) groups excluding carboxylic acids is 2. The summed E-state index contributed by atoms with van der Waals surface area (Å²) in [7, 11) is 3.91. The molecule has 0 heterocycles. The summed E-state index contributed by atoms with van der Waals surface area (Å²) in [6.07, 6.45) is -1.59. The molecule has 0 aromatic rings. The lowest BCUT2D eigenvalue weighted by atomic mass is 9.99. The molecule has 12 heteroatoms. The highest BCUT2D eigenvalue weighted by Gasteiger charge is 2.38. The van der Waals surface area contributed by atoms with Crippen LogP contribution in [0.3, 0.4) is 0 Å². The standard InChI is InChI=1S/C11H21NO5.C8H15NO5/c1-10(2,3)17-9(15)12-7(8(13)14)11(4,5)16-6;1-8(2,14-4)5(6(10)11)9-7(12)13-3/h7H,1-6H3,(H,12,15)(H,13,14);5H,1-4H3,(H,9,12)(H,10,11). The second-order valence-corrected chi connectivity index (χ2v) is 8.44. The number of hydrogen-bond donors (Lipinski definition) is 4. The molecule has 0 saturated heterocycles. The normalized spacial score (nSPS) is 13.6. The molecule has 0 aliphatic heterocycles. The van der Waals surface area contributed by atoms with Gasteiger partial charge >= 0.3 is 24.1 Å².